The minimum Gasteiger partial charge on any atom is -0.486 e. The number of nitrogens with one attached hydrogen (secondary N) is 1. The van der Waals surface area contributed by atoms with Gasteiger partial charge in [0.15, 0.2) is 11.5 Å². The summed E-state index contributed by atoms with van der Waals surface area (Å²) in [5, 5.41) is 3.56. The highest BCUT2D eigenvalue weighted by molar-refractivity contribution is 9.10. The molecular formula is C16H18BrNO2S. The lowest BCUT2D eigenvalue weighted by Gasteiger charge is -2.23. The van der Waals surface area contributed by atoms with Crippen LogP contribution in [0.25, 0.3) is 0 Å². The summed E-state index contributed by atoms with van der Waals surface area (Å²) in [5.41, 5.74) is 1.18. The number of ether oxygens (including phenoxy) is 2. The number of halogens is 1. The molecule has 1 N–H and O–H groups in total. The van der Waals surface area contributed by atoms with E-state index in [2.05, 4.69) is 53.3 Å². The summed E-state index contributed by atoms with van der Waals surface area (Å²) in [5.74, 6) is 1.64. The molecule has 0 radical (unpaired) electrons. The van der Waals surface area contributed by atoms with Crippen LogP contribution in [0.2, 0.25) is 0 Å². The SMILES string of the molecule is CCNC(c1ccc(C)s1)c1cc2c(cc1Br)OCCO2. The first-order valence-corrected chi connectivity index (χ1v) is 8.68. The van der Waals surface area contributed by atoms with Crippen molar-refractivity contribution in [3.05, 3.63) is 44.1 Å². The molecule has 2 aromatic rings. The molecule has 112 valence electrons. The maximum Gasteiger partial charge on any atom is 0.162 e. The third kappa shape index (κ3) is 3.10. The Balaban J connectivity index is 2.02. The second-order valence-corrected chi connectivity index (χ2v) is 7.13. The van der Waals surface area contributed by atoms with Crippen molar-refractivity contribution in [3.63, 3.8) is 0 Å². The van der Waals surface area contributed by atoms with Crippen LogP contribution in [0, 0.1) is 6.92 Å². The standard InChI is InChI=1S/C16H18BrNO2S/c1-3-18-16(15-5-4-10(2)21-15)11-8-13-14(9-12(11)17)20-7-6-19-13/h4-5,8-9,16,18H,3,6-7H2,1-2H3. The number of thiophene rings is 1. The van der Waals surface area contributed by atoms with Gasteiger partial charge in [0.2, 0.25) is 0 Å². The highest BCUT2D eigenvalue weighted by Crippen LogP contribution is 2.40. The van der Waals surface area contributed by atoms with Crippen LogP contribution in [0.1, 0.15) is 28.3 Å². The predicted octanol–water partition coefficient (Wildman–Crippen LogP) is 4.29. The van der Waals surface area contributed by atoms with E-state index in [0.29, 0.717) is 13.2 Å². The molecule has 0 saturated heterocycles. The topological polar surface area (TPSA) is 30.5 Å². The summed E-state index contributed by atoms with van der Waals surface area (Å²) in [6, 6.07) is 8.61. The first-order chi connectivity index (χ1) is 10.2. The van der Waals surface area contributed by atoms with E-state index >= 15 is 0 Å². The summed E-state index contributed by atoms with van der Waals surface area (Å²) in [7, 11) is 0. The lowest BCUT2D eigenvalue weighted by Crippen LogP contribution is -2.22. The van der Waals surface area contributed by atoms with Gasteiger partial charge in [0, 0.05) is 14.2 Å². The molecule has 1 aliphatic heterocycles. The van der Waals surface area contributed by atoms with E-state index in [1.165, 1.54) is 15.3 Å². The molecule has 0 saturated carbocycles. The number of fused-ring (bicyclic) bond motifs is 1. The second kappa shape index (κ2) is 6.38. The summed E-state index contributed by atoms with van der Waals surface area (Å²) in [6.45, 7) is 6.38. The Hall–Kier alpha value is -1.04. The van der Waals surface area contributed by atoms with Crippen LogP contribution < -0.4 is 14.8 Å². The van der Waals surface area contributed by atoms with Gasteiger partial charge in [-0.2, -0.15) is 0 Å². The van der Waals surface area contributed by atoms with Gasteiger partial charge in [-0.3, -0.25) is 0 Å². The Morgan fingerprint density at radius 3 is 2.57 bits per heavy atom. The van der Waals surface area contributed by atoms with Crippen molar-refractivity contribution < 1.29 is 9.47 Å². The minimum absolute atomic E-state index is 0.166. The van der Waals surface area contributed by atoms with E-state index in [0.717, 1.165) is 22.5 Å². The zero-order valence-corrected chi connectivity index (χ0v) is 14.5. The van der Waals surface area contributed by atoms with Crippen LogP contribution in [0.3, 0.4) is 0 Å². The van der Waals surface area contributed by atoms with Crippen molar-refractivity contribution in [2.75, 3.05) is 19.8 Å². The monoisotopic (exact) mass is 367 g/mol. The molecule has 3 rings (SSSR count). The molecule has 21 heavy (non-hydrogen) atoms. The van der Waals surface area contributed by atoms with Crippen LogP contribution in [0.15, 0.2) is 28.7 Å². The van der Waals surface area contributed by atoms with E-state index in [4.69, 9.17) is 9.47 Å². The summed E-state index contributed by atoms with van der Waals surface area (Å²) >= 11 is 5.50. The normalized spacial score (nSPS) is 15.0. The van der Waals surface area contributed by atoms with Gasteiger partial charge in [-0.25, -0.2) is 0 Å². The molecule has 1 atom stereocenters. The maximum atomic E-state index is 5.72. The van der Waals surface area contributed by atoms with E-state index in [9.17, 15) is 0 Å². The quantitative estimate of drug-likeness (QED) is 0.874. The molecule has 2 heterocycles. The first kappa shape index (κ1) is 14.9. The van der Waals surface area contributed by atoms with Gasteiger partial charge in [0.1, 0.15) is 13.2 Å². The number of rotatable bonds is 4. The smallest absolute Gasteiger partial charge is 0.162 e. The van der Waals surface area contributed by atoms with Gasteiger partial charge < -0.3 is 14.8 Å². The Morgan fingerprint density at radius 2 is 1.95 bits per heavy atom. The van der Waals surface area contributed by atoms with Crippen LogP contribution in [0.5, 0.6) is 11.5 Å². The largest absolute Gasteiger partial charge is 0.486 e. The Bertz CT molecular complexity index is 641. The number of benzene rings is 1. The molecule has 0 fully saturated rings. The molecule has 1 aromatic heterocycles. The van der Waals surface area contributed by atoms with Crippen molar-refractivity contribution >= 4 is 27.3 Å². The summed E-state index contributed by atoms with van der Waals surface area (Å²) in [4.78, 5) is 2.63. The molecule has 0 amide bonds. The average Bonchev–Trinajstić information content (AvgIpc) is 2.91. The Labute approximate surface area is 137 Å². The summed E-state index contributed by atoms with van der Waals surface area (Å²) < 4.78 is 12.4. The molecule has 1 aromatic carbocycles. The van der Waals surface area contributed by atoms with Crippen molar-refractivity contribution in [3.8, 4) is 11.5 Å². The van der Waals surface area contributed by atoms with Crippen molar-refractivity contribution in [1.29, 1.82) is 0 Å². The molecule has 1 unspecified atom stereocenters. The van der Waals surface area contributed by atoms with Crippen molar-refractivity contribution in [2.24, 2.45) is 0 Å². The molecule has 1 aliphatic rings. The van der Waals surface area contributed by atoms with Crippen molar-refractivity contribution in [1.82, 2.24) is 5.32 Å². The van der Waals surface area contributed by atoms with Gasteiger partial charge >= 0.3 is 0 Å². The van der Waals surface area contributed by atoms with E-state index in [-0.39, 0.29) is 6.04 Å². The van der Waals surface area contributed by atoms with Gasteiger partial charge in [0.25, 0.3) is 0 Å². The predicted molar refractivity (Wildman–Crippen MR) is 89.7 cm³/mol. The van der Waals surface area contributed by atoms with Crippen LogP contribution in [0.4, 0.5) is 0 Å². The highest BCUT2D eigenvalue weighted by Gasteiger charge is 2.22. The Morgan fingerprint density at radius 1 is 1.24 bits per heavy atom. The summed E-state index contributed by atoms with van der Waals surface area (Å²) in [6.07, 6.45) is 0. The first-order valence-electron chi connectivity index (χ1n) is 7.07. The van der Waals surface area contributed by atoms with Gasteiger partial charge in [-0.15, -0.1) is 11.3 Å². The second-order valence-electron chi connectivity index (χ2n) is 4.96. The maximum absolute atomic E-state index is 5.72. The number of hydrogen-bond donors (Lipinski definition) is 1. The molecule has 0 bridgehead atoms. The van der Waals surface area contributed by atoms with E-state index in [1.807, 2.05) is 17.4 Å². The Kier molecular flexibility index (Phi) is 4.52. The third-order valence-corrected chi connectivity index (χ3v) is 5.18. The minimum atomic E-state index is 0.166. The van der Waals surface area contributed by atoms with Gasteiger partial charge in [-0.1, -0.05) is 22.9 Å². The lowest BCUT2D eigenvalue weighted by atomic mass is 10.0. The fraction of sp³-hybridized carbons (Fsp3) is 0.375. The zero-order valence-electron chi connectivity index (χ0n) is 12.1. The number of aryl methyl sites for hydroxylation is 1. The van der Waals surface area contributed by atoms with Crippen molar-refractivity contribution in [2.45, 2.75) is 19.9 Å². The molecular weight excluding hydrogens is 350 g/mol. The van der Waals surface area contributed by atoms with Crippen LogP contribution >= 0.6 is 27.3 Å². The zero-order chi connectivity index (χ0) is 14.8. The van der Waals surface area contributed by atoms with Crippen LogP contribution in [-0.4, -0.2) is 19.8 Å². The molecule has 0 aliphatic carbocycles. The lowest BCUT2D eigenvalue weighted by molar-refractivity contribution is 0.171. The fourth-order valence-corrected chi connectivity index (χ4v) is 4.00. The average molecular weight is 368 g/mol. The van der Waals surface area contributed by atoms with Gasteiger partial charge in [-0.05, 0) is 43.3 Å². The molecule has 0 spiro atoms. The van der Waals surface area contributed by atoms with E-state index in [1.54, 1.807) is 0 Å². The van der Waals surface area contributed by atoms with E-state index < -0.39 is 0 Å². The fourth-order valence-electron chi connectivity index (χ4n) is 2.48. The molecule has 5 heteroatoms. The third-order valence-electron chi connectivity index (χ3n) is 3.43. The van der Waals surface area contributed by atoms with Crippen LogP contribution in [-0.2, 0) is 0 Å². The van der Waals surface area contributed by atoms with Gasteiger partial charge in [0.05, 0.1) is 6.04 Å². The number of hydrogen-bond acceptors (Lipinski definition) is 4. The molecule has 3 nitrogen and oxygen atoms in total. The highest BCUT2D eigenvalue weighted by atomic mass is 79.9.